The maximum atomic E-state index is 13.2. The van der Waals surface area contributed by atoms with E-state index >= 15 is 0 Å². The van der Waals surface area contributed by atoms with Gasteiger partial charge in [-0.2, -0.15) is 0 Å². The fraction of sp³-hybridized carbons (Fsp3) is 0.125. The van der Waals surface area contributed by atoms with Crippen molar-refractivity contribution in [3.8, 4) is 0 Å². The predicted octanol–water partition coefficient (Wildman–Crippen LogP) is 1.61. The molecule has 1 aromatic rings. The molecule has 0 aliphatic rings. The van der Waals surface area contributed by atoms with Crippen molar-refractivity contribution >= 4 is 17.3 Å². The largest absolute Gasteiger partial charge is 0.478 e. The Bertz CT molecular complexity index is 476. The number of nitrogens with zero attached hydrogens (tertiary/aromatic N) is 1. The molecule has 0 fully saturated rings. The second-order valence-corrected chi connectivity index (χ2v) is 2.76. The summed E-state index contributed by atoms with van der Waals surface area (Å²) in [4.78, 5) is 20.0. The summed E-state index contributed by atoms with van der Waals surface area (Å²) in [6, 6.07) is 0.465. The molecule has 0 aliphatic carbocycles. The van der Waals surface area contributed by atoms with E-state index in [4.69, 9.17) is 5.11 Å². The van der Waals surface area contributed by atoms with Gasteiger partial charge in [0, 0.05) is 13.1 Å². The monoisotopic (exact) mass is 232 g/mol. The minimum absolute atomic E-state index is 0.465. The Labute approximate surface area is 87.7 Å². The van der Waals surface area contributed by atoms with Crippen molar-refractivity contribution in [2.45, 2.75) is 0 Å². The van der Waals surface area contributed by atoms with Crippen molar-refractivity contribution in [2.75, 3.05) is 12.4 Å². The van der Waals surface area contributed by atoms with Crippen molar-refractivity contribution in [3.63, 3.8) is 0 Å². The van der Waals surface area contributed by atoms with Crippen LogP contribution in [0, 0.1) is 21.7 Å². The maximum Gasteiger partial charge on any atom is 0.339 e. The number of benzene rings is 1. The van der Waals surface area contributed by atoms with Crippen LogP contribution in [0.1, 0.15) is 10.4 Å². The van der Waals surface area contributed by atoms with Gasteiger partial charge in [-0.05, 0) is 0 Å². The highest BCUT2D eigenvalue weighted by atomic mass is 19.2. The Hall–Kier alpha value is -2.25. The van der Waals surface area contributed by atoms with Crippen LogP contribution < -0.4 is 5.32 Å². The van der Waals surface area contributed by atoms with Crippen molar-refractivity contribution in [1.29, 1.82) is 0 Å². The summed E-state index contributed by atoms with van der Waals surface area (Å²) in [5.74, 6) is -5.00. The third kappa shape index (κ3) is 1.76. The molecule has 8 heteroatoms. The first-order valence-electron chi connectivity index (χ1n) is 3.97. The van der Waals surface area contributed by atoms with Crippen LogP contribution in [-0.2, 0) is 0 Å². The number of aromatic carboxylic acids is 1. The summed E-state index contributed by atoms with van der Waals surface area (Å²) in [5, 5.41) is 21.1. The minimum Gasteiger partial charge on any atom is -0.478 e. The zero-order valence-corrected chi connectivity index (χ0v) is 7.95. The zero-order valence-electron chi connectivity index (χ0n) is 7.95. The van der Waals surface area contributed by atoms with Gasteiger partial charge in [0.2, 0.25) is 0 Å². The average Bonchev–Trinajstić information content (AvgIpc) is 2.20. The molecule has 0 aromatic heterocycles. The molecule has 6 nitrogen and oxygen atoms in total. The van der Waals surface area contributed by atoms with E-state index in [2.05, 4.69) is 5.32 Å². The summed E-state index contributed by atoms with van der Waals surface area (Å²) in [5.41, 5.74) is -2.60. The van der Waals surface area contributed by atoms with E-state index in [1.165, 1.54) is 0 Å². The van der Waals surface area contributed by atoms with E-state index in [-0.39, 0.29) is 0 Å². The average molecular weight is 232 g/mol. The highest BCUT2D eigenvalue weighted by Crippen LogP contribution is 2.31. The van der Waals surface area contributed by atoms with Crippen LogP contribution in [0.4, 0.5) is 20.2 Å². The third-order valence-corrected chi connectivity index (χ3v) is 1.86. The number of hydrogen-bond acceptors (Lipinski definition) is 4. The van der Waals surface area contributed by atoms with Gasteiger partial charge in [0.25, 0.3) is 5.69 Å². The molecule has 2 N–H and O–H groups in total. The van der Waals surface area contributed by atoms with Gasteiger partial charge in [-0.1, -0.05) is 0 Å². The first-order chi connectivity index (χ1) is 7.40. The second kappa shape index (κ2) is 4.09. The molecule has 1 aromatic carbocycles. The lowest BCUT2D eigenvalue weighted by Gasteiger charge is -2.06. The lowest BCUT2D eigenvalue weighted by atomic mass is 10.1. The number of hydrogen-bond donors (Lipinski definition) is 2. The van der Waals surface area contributed by atoms with E-state index in [0.29, 0.717) is 6.07 Å². The fourth-order valence-corrected chi connectivity index (χ4v) is 1.15. The number of nitro groups is 1. The molecule has 0 radical (unpaired) electrons. The van der Waals surface area contributed by atoms with Gasteiger partial charge >= 0.3 is 5.97 Å². The molecule has 0 spiro atoms. The van der Waals surface area contributed by atoms with Crippen LogP contribution in [0.2, 0.25) is 0 Å². The number of carboxylic acid groups (broad SMARTS) is 1. The topological polar surface area (TPSA) is 92.5 Å². The van der Waals surface area contributed by atoms with Gasteiger partial charge in [-0.15, -0.1) is 0 Å². The van der Waals surface area contributed by atoms with Crippen LogP contribution in [0.3, 0.4) is 0 Å². The molecule has 0 atom stereocenters. The highest BCUT2D eigenvalue weighted by molar-refractivity contribution is 5.90. The normalized spacial score (nSPS) is 9.94. The smallest absolute Gasteiger partial charge is 0.339 e. The summed E-state index contributed by atoms with van der Waals surface area (Å²) >= 11 is 0. The van der Waals surface area contributed by atoms with Crippen LogP contribution in [-0.4, -0.2) is 23.0 Å². The first-order valence-corrected chi connectivity index (χ1v) is 3.97. The van der Waals surface area contributed by atoms with Gasteiger partial charge in [0.05, 0.1) is 4.92 Å². The molecule has 0 amide bonds. The Balaban J connectivity index is 3.62. The number of carbonyl (C=O) groups is 1. The molecule has 0 heterocycles. The standard InChI is InChI=1S/C8H6F2N2O4/c1-11-7-4(12(15)16)2-3(8(13)14)5(9)6(7)10/h2,11H,1H3,(H,13,14). The van der Waals surface area contributed by atoms with Gasteiger partial charge in [-0.3, -0.25) is 10.1 Å². The van der Waals surface area contributed by atoms with E-state index in [1.54, 1.807) is 0 Å². The summed E-state index contributed by atoms with van der Waals surface area (Å²) in [6.07, 6.45) is 0. The van der Waals surface area contributed by atoms with Crippen LogP contribution in [0.15, 0.2) is 6.07 Å². The molecule has 1 rings (SSSR count). The Morgan fingerprint density at radius 1 is 1.50 bits per heavy atom. The van der Waals surface area contributed by atoms with Crippen molar-refractivity contribution < 1.29 is 23.6 Å². The third-order valence-electron chi connectivity index (χ3n) is 1.86. The van der Waals surface area contributed by atoms with Crippen molar-refractivity contribution in [3.05, 3.63) is 33.4 Å². The summed E-state index contributed by atoms with van der Waals surface area (Å²) in [6.45, 7) is 0. The molecular formula is C8H6F2N2O4. The van der Waals surface area contributed by atoms with Gasteiger partial charge in [0.1, 0.15) is 5.56 Å². The molecule has 0 unspecified atom stereocenters. The predicted molar refractivity (Wildman–Crippen MR) is 49.5 cm³/mol. The number of nitro benzene ring substituents is 1. The lowest BCUT2D eigenvalue weighted by molar-refractivity contribution is -0.384. The SMILES string of the molecule is CNc1c([N+](=O)[O-])cc(C(=O)O)c(F)c1F. The van der Waals surface area contributed by atoms with Gasteiger partial charge in [-0.25, -0.2) is 13.6 Å². The molecule has 0 aliphatic heterocycles. The van der Waals surface area contributed by atoms with Crippen LogP contribution in [0.5, 0.6) is 0 Å². The number of rotatable bonds is 3. The lowest BCUT2D eigenvalue weighted by Crippen LogP contribution is -2.08. The summed E-state index contributed by atoms with van der Waals surface area (Å²) in [7, 11) is 1.16. The molecule has 16 heavy (non-hydrogen) atoms. The molecule has 86 valence electrons. The van der Waals surface area contributed by atoms with Crippen molar-refractivity contribution in [1.82, 2.24) is 0 Å². The highest BCUT2D eigenvalue weighted by Gasteiger charge is 2.27. The van der Waals surface area contributed by atoms with E-state index < -0.39 is 39.5 Å². The molecule has 0 bridgehead atoms. The Morgan fingerprint density at radius 2 is 2.06 bits per heavy atom. The Kier molecular flexibility index (Phi) is 3.02. The van der Waals surface area contributed by atoms with E-state index in [9.17, 15) is 23.7 Å². The summed E-state index contributed by atoms with van der Waals surface area (Å²) < 4.78 is 26.4. The first kappa shape index (κ1) is 11.8. The number of carboxylic acids is 1. The van der Waals surface area contributed by atoms with Gasteiger partial charge < -0.3 is 10.4 Å². The Morgan fingerprint density at radius 3 is 2.44 bits per heavy atom. The molecular weight excluding hydrogens is 226 g/mol. The van der Waals surface area contributed by atoms with Crippen molar-refractivity contribution in [2.24, 2.45) is 0 Å². The number of nitrogens with one attached hydrogen (secondary N) is 1. The van der Waals surface area contributed by atoms with E-state index in [1.807, 2.05) is 0 Å². The maximum absolute atomic E-state index is 13.2. The number of anilines is 1. The number of halogens is 2. The second-order valence-electron chi connectivity index (χ2n) is 2.76. The van der Waals surface area contributed by atoms with E-state index in [0.717, 1.165) is 7.05 Å². The fourth-order valence-electron chi connectivity index (χ4n) is 1.15. The molecule has 0 saturated heterocycles. The van der Waals surface area contributed by atoms with Crippen LogP contribution >= 0.6 is 0 Å². The quantitative estimate of drug-likeness (QED) is 0.610. The zero-order chi connectivity index (χ0) is 12.5. The van der Waals surface area contributed by atoms with Gasteiger partial charge in [0.15, 0.2) is 17.3 Å². The van der Waals surface area contributed by atoms with Crippen LogP contribution in [0.25, 0.3) is 0 Å². The minimum atomic E-state index is -1.78. The molecule has 0 saturated carbocycles.